The molecule has 0 saturated carbocycles. The smallest absolute Gasteiger partial charge is 0.329 e. The van der Waals surface area contributed by atoms with Crippen molar-refractivity contribution in [3.63, 3.8) is 0 Å². The number of carbonyl (C=O) groups is 1. The minimum atomic E-state index is -1.90. The third kappa shape index (κ3) is 26.9. The van der Waals surface area contributed by atoms with Gasteiger partial charge in [-0.2, -0.15) is 0 Å². The van der Waals surface area contributed by atoms with Crippen LogP contribution < -0.4 is 0 Å². The van der Waals surface area contributed by atoms with E-state index in [4.69, 9.17) is 13.8 Å². The summed E-state index contributed by atoms with van der Waals surface area (Å²) < 4.78 is 16.7. The topological polar surface area (TPSA) is 68.2 Å². The molecule has 0 aliphatic rings. The highest BCUT2D eigenvalue weighted by Crippen LogP contribution is 2.33. The summed E-state index contributed by atoms with van der Waals surface area (Å²) >= 11 is 0. The fourth-order valence-electron chi connectivity index (χ4n) is 4.19. The molecule has 0 heterocycles. The predicted molar refractivity (Wildman–Crippen MR) is 153 cm³/mol. The Morgan fingerprint density at radius 2 is 1.25 bits per heavy atom. The van der Waals surface area contributed by atoms with Gasteiger partial charge in [-0.25, -0.2) is 0 Å². The zero-order valence-corrected chi connectivity index (χ0v) is 25.2. The SMILES string of the molecule is CCCCCCCCCCCCCCCCCOCC(COP(O)OCCCN(C)C)CC(=O)CC. The van der Waals surface area contributed by atoms with Crippen LogP contribution in [-0.4, -0.2) is 62.6 Å². The van der Waals surface area contributed by atoms with E-state index < -0.39 is 8.60 Å². The first-order chi connectivity index (χ1) is 17.5. The second-order valence-electron chi connectivity index (χ2n) is 10.5. The minimum Gasteiger partial charge on any atom is -0.381 e. The van der Waals surface area contributed by atoms with Crippen molar-refractivity contribution in [3.05, 3.63) is 0 Å². The largest absolute Gasteiger partial charge is 0.381 e. The van der Waals surface area contributed by atoms with E-state index in [1.54, 1.807) is 0 Å². The molecule has 0 aromatic heterocycles. The summed E-state index contributed by atoms with van der Waals surface area (Å²) in [4.78, 5) is 24.0. The standard InChI is InChI=1S/C29H60NO5P/c1-5-7-8-9-10-11-12-13-14-15-16-17-18-19-20-23-33-26-28(25-29(31)6-2)27-35-36(32)34-24-21-22-30(3)4/h28,32H,5-27H2,1-4H3. The second-order valence-corrected chi connectivity index (χ2v) is 11.5. The molecule has 0 aromatic rings. The first-order valence-electron chi connectivity index (χ1n) is 15.0. The monoisotopic (exact) mass is 533 g/mol. The average Bonchev–Trinajstić information content (AvgIpc) is 2.86. The molecule has 0 aliphatic carbocycles. The average molecular weight is 534 g/mol. The summed E-state index contributed by atoms with van der Waals surface area (Å²) in [7, 11) is 2.12. The molecule has 6 nitrogen and oxygen atoms in total. The van der Waals surface area contributed by atoms with Gasteiger partial charge in [0.15, 0.2) is 0 Å². The lowest BCUT2D eigenvalue weighted by molar-refractivity contribution is -0.120. The van der Waals surface area contributed by atoms with Gasteiger partial charge in [0.05, 0.1) is 19.8 Å². The molecule has 216 valence electrons. The highest BCUT2D eigenvalue weighted by atomic mass is 31.2. The lowest BCUT2D eigenvalue weighted by atomic mass is 10.0. The number of unbranched alkanes of at least 4 members (excludes halogenated alkanes) is 14. The van der Waals surface area contributed by atoms with Crippen molar-refractivity contribution in [1.82, 2.24) is 4.90 Å². The van der Waals surface area contributed by atoms with Gasteiger partial charge in [-0.15, -0.1) is 0 Å². The van der Waals surface area contributed by atoms with Gasteiger partial charge >= 0.3 is 8.60 Å². The van der Waals surface area contributed by atoms with E-state index in [1.807, 2.05) is 21.0 Å². The maximum absolute atomic E-state index is 11.9. The molecular formula is C29H60NO5P. The van der Waals surface area contributed by atoms with Crippen LogP contribution in [-0.2, 0) is 18.6 Å². The Labute approximate surface area is 225 Å². The Morgan fingerprint density at radius 3 is 1.75 bits per heavy atom. The van der Waals surface area contributed by atoms with E-state index in [-0.39, 0.29) is 11.7 Å². The predicted octanol–water partition coefficient (Wildman–Crippen LogP) is 8.06. The fraction of sp³-hybridized carbons (Fsp3) is 0.966. The van der Waals surface area contributed by atoms with E-state index in [9.17, 15) is 9.69 Å². The quantitative estimate of drug-likeness (QED) is 0.0774. The zero-order chi connectivity index (χ0) is 26.7. The lowest BCUT2D eigenvalue weighted by Gasteiger charge is -2.18. The van der Waals surface area contributed by atoms with Crippen molar-refractivity contribution < 1.29 is 23.5 Å². The first kappa shape index (κ1) is 35.9. The molecule has 1 N–H and O–H groups in total. The number of hydrogen-bond donors (Lipinski definition) is 1. The molecule has 2 unspecified atom stereocenters. The molecule has 36 heavy (non-hydrogen) atoms. The molecule has 0 fully saturated rings. The maximum Gasteiger partial charge on any atom is 0.329 e. The molecule has 0 saturated heterocycles. The number of nitrogens with zero attached hydrogens (tertiary/aromatic N) is 1. The molecule has 2 atom stereocenters. The van der Waals surface area contributed by atoms with Crippen molar-refractivity contribution in [2.24, 2.45) is 5.92 Å². The van der Waals surface area contributed by atoms with Gasteiger partial charge in [0.1, 0.15) is 5.78 Å². The van der Waals surface area contributed by atoms with Crippen molar-refractivity contribution in [1.29, 1.82) is 0 Å². The second kappa shape index (κ2) is 27.9. The first-order valence-corrected chi connectivity index (χ1v) is 16.1. The molecular weight excluding hydrogens is 473 g/mol. The van der Waals surface area contributed by atoms with Gasteiger partial charge in [0.2, 0.25) is 0 Å². The van der Waals surface area contributed by atoms with Gasteiger partial charge in [-0.3, -0.25) is 4.79 Å². The Kier molecular flexibility index (Phi) is 27.8. The molecule has 0 spiro atoms. The molecule has 0 bridgehead atoms. The highest BCUT2D eigenvalue weighted by molar-refractivity contribution is 7.40. The lowest BCUT2D eigenvalue weighted by Crippen LogP contribution is -2.19. The van der Waals surface area contributed by atoms with Crippen molar-refractivity contribution in [3.8, 4) is 0 Å². The van der Waals surface area contributed by atoms with Crippen molar-refractivity contribution in [2.75, 3.05) is 47.1 Å². The summed E-state index contributed by atoms with van der Waals surface area (Å²) in [5, 5.41) is 0. The Bertz CT molecular complexity index is 467. The van der Waals surface area contributed by atoms with E-state index in [0.29, 0.717) is 32.7 Å². The van der Waals surface area contributed by atoms with Crippen LogP contribution in [0.5, 0.6) is 0 Å². The van der Waals surface area contributed by atoms with Crippen LogP contribution >= 0.6 is 8.60 Å². The summed E-state index contributed by atoms with van der Waals surface area (Å²) in [5.41, 5.74) is 0. The summed E-state index contributed by atoms with van der Waals surface area (Å²) in [5.74, 6) is 0.171. The minimum absolute atomic E-state index is 0.0312. The van der Waals surface area contributed by atoms with E-state index in [0.717, 1.165) is 26.0 Å². The Hall–Kier alpha value is -0.100. The van der Waals surface area contributed by atoms with Crippen LogP contribution in [0.25, 0.3) is 0 Å². The summed E-state index contributed by atoms with van der Waals surface area (Å²) in [6, 6.07) is 0. The van der Waals surface area contributed by atoms with Gasteiger partial charge in [0.25, 0.3) is 0 Å². The summed E-state index contributed by atoms with van der Waals surface area (Å²) in [6.07, 6.45) is 22.1. The summed E-state index contributed by atoms with van der Waals surface area (Å²) in [6.45, 7) is 7.04. The van der Waals surface area contributed by atoms with Crippen LogP contribution in [0.2, 0.25) is 0 Å². The van der Waals surface area contributed by atoms with Crippen LogP contribution in [0.15, 0.2) is 0 Å². The number of hydrogen-bond acceptors (Lipinski definition) is 6. The van der Waals surface area contributed by atoms with Crippen LogP contribution in [0.3, 0.4) is 0 Å². The van der Waals surface area contributed by atoms with Gasteiger partial charge in [0, 0.05) is 25.4 Å². The van der Waals surface area contributed by atoms with E-state index in [1.165, 1.54) is 89.9 Å². The van der Waals surface area contributed by atoms with Crippen LogP contribution in [0, 0.1) is 5.92 Å². The molecule has 7 heteroatoms. The van der Waals surface area contributed by atoms with Crippen LogP contribution in [0.4, 0.5) is 0 Å². The maximum atomic E-state index is 11.9. The molecule has 0 rings (SSSR count). The van der Waals surface area contributed by atoms with Crippen molar-refractivity contribution >= 4 is 14.4 Å². The normalized spacial score (nSPS) is 13.4. The third-order valence-electron chi connectivity index (χ3n) is 6.53. The fourth-order valence-corrected chi connectivity index (χ4v) is 4.89. The van der Waals surface area contributed by atoms with Gasteiger partial charge in [-0.05, 0) is 33.5 Å². The van der Waals surface area contributed by atoms with Gasteiger partial charge < -0.3 is 23.6 Å². The number of ether oxygens (including phenoxy) is 1. The number of rotatable bonds is 29. The molecule has 0 aliphatic heterocycles. The van der Waals surface area contributed by atoms with Gasteiger partial charge in [-0.1, -0.05) is 104 Å². The third-order valence-corrected chi connectivity index (χ3v) is 7.30. The highest BCUT2D eigenvalue weighted by Gasteiger charge is 2.17. The number of ketones is 1. The zero-order valence-electron chi connectivity index (χ0n) is 24.3. The van der Waals surface area contributed by atoms with E-state index in [2.05, 4.69) is 11.8 Å². The molecule has 0 amide bonds. The molecule has 0 aromatic carbocycles. The molecule has 0 radical (unpaired) electrons. The number of carbonyl (C=O) groups excluding carboxylic acids is 1. The van der Waals surface area contributed by atoms with E-state index >= 15 is 0 Å². The number of Topliss-reactive ketones (excluding diaryl/α,β-unsaturated/α-hetero) is 1. The van der Waals surface area contributed by atoms with Crippen molar-refractivity contribution in [2.45, 2.75) is 129 Å². The Balaban J connectivity index is 3.67. The Morgan fingerprint density at radius 1 is 0.722 bits per heavy atom. The van der Waals surface area contributed by atoms with Crippen LogP contribution in [0.1, 0.15) is 129 Å².